The van der Waals surface area contributed by atoms with Crippen molar-refractivity contribution in [3.05, 3.63) is 18.2 Å². The molecule has 4 rings (SSSR count). The molecule has 3 aliphatic rings. The number of hydrogen-bond donors (Lipinski definition) is 1. The van der Waals surface area contributed by atoms with Gasteiger partial charge in [0.25, 0.3) is 0 Å². The number of rotatable bonds is 4. The average molecular weight is 247 g/mol. The van der Waals surface area contributed by atoms with E-state index in [-0.39, 0.29) is 6.10 Å². The third-order valence-electron chi connectivity index (χ3n) is 4.82. The van der Waals surface area contributed by atoms with E-state index in [1.807, 2.05) is 12.5 Å². The third-order valence-corrected chi connectivity index (χ3v) is 4.82. The Bertz CT molecular complexity index is 428. The Labute approximate surface area is 108 Å². The van der Waals surface area contributed by atoms with E-state index < -0.39 is 0 Å². The Hall–Kier alpha value is -0.870. The standard InChI is InChI=1S/C14H21N3O/c1-2-11(1)14(3-4-14)9-17-10-16-7-12(17)13-8-15-5-6-18-13/h7,10-11,13,15H,1-6,8-9H2. The van der Waals surface area contributed by atoms with E-state index in [1.54, 1.807) is 0 Å². The van der Waals surface area contributed by atoms with Crippen LogP contribution in [0.1, 0.15) is 37.5 Å². The van der Waals surface area contributed by atoms with Gasteiger partial charge in [0, 0.05) is 19.6 Å². The molecular formula is C14H21N3O. The van der Waals surface area contributed by atoms with E-state index in [9.17, 15) is 0 Å². The largest absolute Gasteiger partial charge is 0.369 e. The highest BCUT2D eigenvalue weighted by Gasteiger charge is 2.53. The lowest BCUT2D eigenvalue weighted by molar-refractivity contribution is 0.0221. The monoisotopic (exact) mass is 247 g/mol. The molecule has 1 atom stereocenters. The van der Waals surface area contributed by atoms with Crippen molar-refractivity contribution < 1.29 is 4.74 Å². The van der Waals surface area contributed by atoms with Gasteiger partial charge in [-0.2, -0.15) is 0 Å². The summed E-state index contributed by atoms with van der Waals surface area (Å²) in [6.07, 6.45) is 9.90. The highest BCUT2D eigenvalue weighted by Crippen LogP contribution is 2.62. The van der Waals surface area contributed by atoms with Crippen LogP contribution in [0.4, 0.5) is 0 Å². The zero-order chi connectivity index (χ0) is 12.0. The van der Waals surface area contributed by atoms with Crippen LogP contribution in [-0.4, -0.2) is 29.2 Å². The number of morpholine rings is 1. The van der Waals surface area contributed by atoms with Gasteiger partial charge in [-0.1, -0.05) is 0 Å². The molecule has 2 saturated carbocycles. The molecule has 2 aliphatic carbocycles. The molecule has 1 aromatic heterocycles. The van der Waals surface area contributed by atoms with E-state index in [0.29, 0.717) is 5.41 Å². The van der Waals surface area contributed by atoms with Crippen molar-refractivity contribution in [3.63, 3.8) is 0 Å². The van der Waals surface area contributed by atoms with Crippen LogP contribution < -0.4 is 5.32 Å². The van der Waals surface area contributed by atoms with E-state index in [4.69, 9.17) is 4.74 Å². The van der Waals surface area contributed by atoms with E-state index in [2.05, 4.69) is 14.9 Å². The van der Waals surface area contributed by atoms with Gasteiger partial charge in [0.05, 0.1) is 24.8 Å². The fraction of sp³-hybridized carbons (Fsp3) is 0.786. The van der Waals surface area contributed by atoms with Crippen molar-refractivity contribution in [2.24, 2.45) is 11.3 Å². The maximum atomic E-state index is 5.85. The first-order chi connectivity index (χ1) is 8.87. The first-order valence-electron chi connectivity index (χ1n) is 7.20. The van der Waals surface area contributed by atoms with Crippen molar-refractivity contribution in [1.82, 2.24) is 14.9 Å². The molecule has 1 aliphatic heterocycles. The molecule has 0 aromatic carbocycles. The fourth-order valence-electron chi connectivity index (χ4n) is 3.38. The Morgan fingerprint density at radius 1 is 1.44 bits per heavy atom. The maximum Gasteiger partial charge on any atom is 0.111 e. The van der Waals surface area contributed by atoms with Crippen LogP contribution >= 0.6 is 0 Å². The molecule has 4 heteroatoms. The van der Waals surface area contributed by atoms with Crippen LogP contribution in [-0.2, 0) is 11.3 Å². The zero-order valence-electron chi connectivity index (χ0n) is 10.8. The van der Waals surface area contributed by atoms with Gasteiger partial charge in [0.2, 0.25) is 0 Å². The summed E-state index contributed by atoms with van der Waals surface area (Å²) in [5.74, 6) is 0.998. The second-order valence-corrected chi connectivity index (χ2v) is 6.15. The smallest absolute Gasteiger partial charge is 0.111 e. The first kappa shape index (κ1) is 11.0. The summed E-state index contributed by atoms with van der Waals surface area (Å²) < 4.78 is 8.20. The lowest BCUT2D eigenvalue weighted by Gasteiger charge is -2.26. The molecular weight excluding hydrogens is 226 g/mol. The van der Waals surface area contributed by atoms with Crippen LogP contribution in [0.15, 0.2) is 12.5 Å². The van der Waals surface area contributed by atoms with Crippen LogP contribution in [0.2, 0.25) is 0 Å². The zero-order valence-corrected chi connectivity index (χ0v) is 10.8. The van der Waals surface area contributed by atoms with Crippen LogP contribution in [0, 0.1) is 11.3 Å². The van der Waals surface area contributed by atoms with E-state index in [0.717, 1.165) is 32.2 Å². The normalized spacial score (nSPS) is 30.3. The number of aromatic nitrogens is 2. The lowest BCUT2D eigenvalue weighted by atomic mass is 10.0. The van der Waals surface area contributed by atoms with E-state index >= 15 is 0 Å². The van der Waals surface area contributed by atoms with Crippen LogP contribution in [0.25, 0.3) is 0 Å². The van der Waals surface area contributed by atoms with Gasteiger partial charge in [-0.15, -0.1) is 0 Å². The number of ether oxygens (including phenoxy) is 1. The third kappa shape index (κ3) is 1.88. The van der Waals surface area contributed by atoms with Crippen LogP contribution in [0.3, 0.4) is 0 Å². The quantitative estimate of drug-likeness (QED) is 0.880. The minimum Gasteiger partial charge on any atom is -0.369 e. The van der Waals surface area contributed by atoms with E-state index in [1.165, 1.54) is 31.4 Å². The number of nitrogens with one attached hydrogen (secondary N) is 1. The molecule has 1 N–H and O–H groups in total. The Morgan fingerprint density at radius 3 is 3.00 bits per heavy atom. The molecule has 0 bridgehead atoms. The van der Waals surface area contributed by atoms with Crippen molar-refractivity contribution >= 4 is 0 Å². The molecule has 98 valence electrons. The predicted molar refractivity (Wildman–Crippen MR) is 68.2 cm³/mol. The first-order valence-corrected chi connectivity index (χ1v) is 7.20. The molecule has 3 fully saturated rings. The summed E-state index contributed by atoms with van der Waals surface area (Å²) in [4.78, 5) is 4.34. The maximum absolute atomic E-state index is 5.85. The minimum absolute atomic E-state index is 0.191. The highest BCUT2D eigenvalue weighted by atomic mass is 16.5. The van der Waals surface area contributed by atoms with Crippen molar-refractivity contribution in [2.75, 3.05) is 19.7 Å². The molecule has 1 saturated heterocycles. The summed E-state index contributed by atoms with van der Waals surface area (Å²) in [6, 6.07) is 0. The Kier molecular flexibility index (Phi) is 2.49. The van der Waals surface area contributed by atoms with Gasteiger partial charge in [-0.3, -0.25) is 0 Å². The summed E-state index contributed by atoms with van der Waals surface area (Å²) in [5, 5.41) is 3.40. The second-order valence-electron chi connectivity index (χ2n) is 6.15. The van der Waals surface area contributed by atoms with Crippen LogP contribution in [0.5, 0.6) is 0 Å². The minimum atomic E-state index is 0.191. The van der Waals surface area contributed by atoms with Gasteiger partial charge in [0.15, 0.2) is 0 Å². The number of nitrogens with zero attached hydrogens (tertiary/aromatic N) is 2. The predicted octanol–water partition coefficient (Wildman–Crippen LogP) is 1.73. The molecule has 1 unspecified atom stereocenters. The molecule has 2 heterocycles. The van der Waals surface area contributed by atoms with Crippen molar-refractivity contribution in [1.29, 1.82) is 0 Å². The van der Waals surface area contributed by atoms with Gasteiger partial charge >= 0.3 is 0 Å². The molecule has 0 amide bonds. The summed E-state index contributed by atoms with van der Waals surface area (Å²) >= 11 is 0. The molecule has 0 radical (unpaired) electrons. The summed E-state index contributed by atoms with van der Waals surface area (Å²) in [7, 11) is 0. The van der Waals surface area contributed by atoms with Gasteiger partial charge in [-0.05, 0) is 37.0 Å². The molecule has 4 nitrogen and oxygen atoms in total. The lowest BCUT2D eigenvalue weighted by Crippen LogP contribution is -2.34. The van der Waals surface area contributed by atoms with Gasteiger partial charge in [-0.25, -0.2) is 4.98 Å². The molecule has 18 heavy (non-hydrogen) atoms. The van der Waals surface area contributed by atoms with Crippen molar-refractivity contribution in [2.45, 2.75) is 38.3 Å². The topological polar surface area (TPSA) is 39.1 Å². The van der Waals surface area contributed by atoms with Gasteiger partial charge < -0.3 is 14.6 Å². The Morgan fingerprint density at radius 2 is 2.33 bits per heavy atom. The summed E-state index contributed by atoms with van der Waals surface area (Å²) in [6.45, 7) is 3.86. The molecule has 0 spiro atoms. The fourth-order valence-corrected chi connectivity index (χ4v) is 3.38. The average Bonchev–Trinajstić information content (AvgIpc) is 3.29. The van der Waals surface area contributed by atoms with Crippen molar-refractivity contribution in [3.8, 4) is 0 Å². The highest BCUT2D eigenvalue weighted by molar-refractivity contribution is 5.10. The Balaban J connectivity index is 1.52. The second kappa shape index (κ2) is 4.07. The SMILES string of the molecule is c1ncn(CC2(C3CC3)CC2)c1C1CNCCO1. The summed E-state index contributed by atoms with van der Waals surface area (Å²) in [5.41, 5.74) is 1.88. The number of hydrogen-bond acceptors (Lipinski definition) is 3. The number of imidazole rings is 1. The van der Waals surface area contributed by atoms with Gasteiger partial charge in [0.1, 0.15) is 6.10 Å². The molecule has 1 aromatic rings.